The molecule has 0 aliphatic carbocycles. The Morgan fingerprint density at radius 2 is 2.25 bits per heavy atom. The first kappa shape index (κ1) is 13.0. The third kappa shape index (κ3) is 4.61. The largest absolute Gasteiger partial charge is 0.355 e. The van der Waals surface area contributed by atoms with Crippen molar-refractivity contribution in [2.75, 3.05) is 32.7 Å². The average Bonchev–Trinajstić information content (AvgIpc) is 2.64. The molecule has 0 aromatic heterocycles. The lowest BCUT2D eigenvalue weighted by Crippen LogP contribution is -2.38. The van der Waals surface area contributed by atoms with Crippen molar-refractivity contribution in [3.8, 4) is 0 Å². The Bertz CT molecular complexity index is 243. The molecule has 5 heteroatoms. The van der Waals surface area contributed by atoms with Gasteiger partial charge in [-0.3, -0.25) is 9.59 Å². The van der Waals surface area contributed by atoms with E-state index in [9.17, 15) is 9.59 Å². The molecule has 2 N–H and O–H groups in total. The quantitative estimate of drug-likeness (QED) is 0.588. The molecule has 92 valence electrons. The van der Waals surface area contributed by atoms with Gasteiger partial charge < -0.3 is 15.5 Å². The van der Waals surface area contributed by atoms with Crippen LogP contribution < -0.4 is 10.6 Å². The summed E-state index contributed by atoms with van der Waals surface area (Å²) in [5.74, 6) is 0.0505. The van der Waals surface area contributed by atoms with Gasteiger partial charge in [-0.1, -0.05) is 6.92 Å². The Morgan fingerprint density at radius 1 is 1.44 bits per heavy atom. The molecule has 0 bridgehead atoms. The number of rotatable bonds is 7. The molecule has 0 spiro atoms. The summed E-state index contributed by atoms with van der Waals surface area (Å²) < 4.78 is 0. The lowest BCUT2D eigenvalue weighted by atomic mass is 10.4. The third-order valence-corrected chi connectivity index (χ3v) is 2.61. The van der Waals surface area contributed by atoms with Crippen LogP contribution in [-0.2, 0) is 9.59 Å². The second-order valence-electron chi connectivity index (χ2n) is 3.98. The minimum absolute atomic E-state index is 0.0493. The number of nitrogens with zero attached hydrogens (tertiary/aromatic N) is 1. The van der Waals surface area contributed by atoms with Crippen molar-refractivity contribution >= 4 is 11.8 Å². The molecular formula is C11H21N3O2. The van der Waals surface area contributed by atoms with Crippen molar-refractivity contribution in [1.29, 1.82) is 0 Å². The van der Waals surface area contributed by atoms with Gasteiger partial charge in [0, 0.05) is 19.5 Å². The minimum atomic E-state index is -0.0493. The Kier molecular flexibility index (Phi) is 5.85. The Labute approximate surface area is 96.6 Å². The fourth-order valence-corrected chi connectivity index (χ4v) is 1.72. The van der Waals surface area contributed by atoms with Crippen LogP contribution in [0.4, 0.5) is 0 Å². The second-order valence-corrected chi connectivity index (χ2v) is 3.98. The van der Waals surface area contributed by atoms with E-state index in [1.165, 1.54) is 0 Å². The Morgan fingerprint density at radius 3 is 2.88 bits per heavy atom. The van der Waals surface area contributed by atoms with Crippen molar-refractivity contribution in [3.63, 3.8) is 0 Å². The number of hydrogen-bond donors (Lipinski definition) is 2. The summed E-state index contributed by atoms with van der Waals surface area (Å²) in [5.41, 5.74) is 0. The molecule has 0 unspecified atom stereocenters. The summed E-state index contributed by atoms with van der Waals surface area (Å²) in [5, 5.41) is 6.00. The smallest absolute Gasteiger partial charge is 0.239 e. The van der Waals surface area contributed by atoms with Gasteiger partial charge in [-0.25, -0.2) is 0 Å². The lowest BCUT2D eigenvalue weighted by Gasteiger charge is -2.14. The van der Waals surface area contributed by atoms with Gasteiger partial charge in [0.05, 0.1) is 6.54 Å². The molecule has 1 rings (SSSR count). The fraction of sp³-hybridized carbons (Fsp3) is 0.818. The highest BCUT2D eigenvalue weighted by atomic mass is 16.2. The number of carbonyl (C=O) groups excluding carboxylic acids is 2. The van der Waals surface area contributed by atoms with Gasteiger partial charge >= 0.3 is 0 Å². The van der Waals surface area contributed by atoms with E-state index in [0.717, 1.165) is 32.5 Å². The monoisotopic (exact) mass is 227 g/mol. The van der Waals surface area contributed by atoms with Crippen LogP contribution in [0.5, 0.6) is 0 Å². The van der Waals surface area contributed by atoms with Crippen LogP contribution in [0, 0.1) is 0 Å². The van der Waals surface area contributed by atoms with E-state index in [-0.39, 0.29) is 18.4 Å². The lowest BCUT2D eigenvalue weighted by molar-refractivity contribution is -0.133. The first-order valence-corrected chi connectivity index (χ1v) is 5.99. The number of amides is 2. The summed E-state index contributed by atoms with van der Waals surface area (Å²) >= 11 is 0. The van der Waals surface area contributed by atoms with E-state index in [1.807, 2.05) is 0 Å². The maximum Gasteiger partial charge on any atom is 0.239 e. The predicted molar refractivity (Wildman–Crippen MR) is 62.0 cm³/mol. The van der Waals surface area contributed by atoms with Crippen molar-refractivity contribution in [2.45, 2.75) is 26.2 Å². The molecule has 1 heterocycles. The van der Waals surface area contributed by atoms with Gasteiger partial charge in [-0.05, 0) is 25.9 Å². The van der Waals surface area contributed by atoms with Gasteiger partial charge in [0.1, 0.15) is 0 Å². The van der Waals surface area contributed by atoms with Crippen LogP contribution in [0.25, 0.3) is 0 Å². The normalized spacial score (nSPS) is 15.6. The number of likely N-dealkylation sites (tertiary alicyclic amines) is 1. The first-order valence-electron chi connectivity index (χ1n) is 5.99. The summed E-state index contributed by atoms with van der Waals surface area (Å²) in [6, 6.07) is 0. The molecule has 5 nitrogen and oxygen atoms in total. The van der Waals surface area contributed by atoms with E-state index < -0.39 is 0 Å². The highest BCUT2D eigenvalue weighted by Crippen LogP contribution is 2.08. The zero-order valence-electron chi connectivity index (χ0n) is 9.92. The zero-order valence-corrected chi connectivity index (χ0v) is 9.92. The maximum atomic E-state index is 11.5. The van der Waals surface area contributed by atoms with E-state index in [0.29, 0.717) is 13.0 Å². The van der Waals surface area contributed by atoms with Crippen LogP contribution in [0.1, 0.15) is 26.2 Å². The standard InChI is InChI=1S/C11H21N3O2/c1-2-12-6-4-7-13-10(15)9-14-8-3-5-11(14)16/h12H,2-9H2,1H3,(H,13,15). The highest BCUT2D eigenvalue weighted by molar-refractivity contribution is 5.85. The van der Waals surface area contributed by atoms with E-state index in [2.05, 4.69) is 17.6 Å². The molecule has 0 aromatic carbocycles. The number of nitrogens with one attached hydrogen (secondary N) is 2. The van der Waals surface area contributed by atoms with Crippen LogP contribution in [0.3, 0.4) is 0 Å². The number of hydrogen-bond acceptors (Lipinski definition) is 3. The Hall–Kier alpha value is -1.10. The van der Waals surface area contributed by atoms with Gasteiger partial charge in [0.15, 0.2) is 0 Å². The third-order valence-electron chi connectivity index (χ3n) is 2.61. The molecule has 0 atom stereocenters. The van der Waals surface area contributed by atoms with Gasteiger partial charge in [0.25, 0.3) is 0 Å². The fourth-order valence-electron chi connectivity index (χ4n) is 1.72. The molecular weight excluding hydrogens is 206 g/mol. The van der Waals surface area contributed by atoms with E-state index in [1.54, 1.807) is 4.90 Å². The zero-order chi connectivity index (χ0) is 11.8. The van der Waals surface area contributed by atoms with Crippen LogP contribution >= 0.6 is 0 Å². The van der Waals surface area contributed by atoms with Crippen molar-refractivity contribution in [3.05, 3.63) is 0 Å². The predicted octanol–water partition coefficient (Wildman–Crippen LogP) is -0.275. The minimum Gasteiger partial charge on any atom is -0.355 e. The molecule has 1 saturated heterocycles. The van der Waals surface area contributed by atoms with E-state index >= 15 is 0 Å². The summed E-state index contributed by atoms with van der Waals surface area (Å²) in [7, 11) is 0. The molecule has 0 radical (unpaired) electrons. The molecule has 0 saturated carbocycles. The average molecular weight is 227 g/mol. The maximum absolute atomic E-state index is 11.5. The molecule has 1 aliphatic heterocycles. The van der Waals surface area contributed by atoms with Gasteiger partial charge in [-0.2, -0.15) is 0 Å². The summed E-state index contributed by atoms with van der Waals surface area (Å²) in [6.45, 7) is 5.55. The molecule has 1 aliphatic rings. The Balaban J connectivity index is 2.04. The highest BCUT2D eigenvalue weighted by Gasteiger charge is 2.21. The topological polar surface area (TPSA) is 61.4 Å². The van der Waals surface area contributed by atoms with Gasteiger partial charge in [-0.15, -0.1) is 0 Å². The van der Waals surface area contributed by atoms with Crippen LogP contribution in [-0.4, -0.2) is 49.4 Å². The molecule has 0 aromatic rings. The van der Waals surface area contributed by atoms with Gasteiger partial charge in [0.2, 0.25) is 11.8 Å². The summed E-state index contributed by atoms with van der Waals surface area (Å²) in [4.78, 5) is 24.3. The van der Waals surface area contributed by atoms with Crippen molar-refractivity contribution in [1.82, 2.24) is 15.5 Å². The SMILES string of the molecule is CCNCCCNC(=O)CN1CCCC1=O. The number of carbonyl (C=O) groups is 2. The first-order chi connectivity index (χ1) is 7.74. The van der Waals surface area contributed by atoms with Crippen LogP contribution in [0.15, 0.2) is 0 Å². The van der Waals surface area contributed by atoms with Crippen LogP contribution in [0.2, 0.25) is 0 Å². The molecule has 1 fully saturated rings. The van der Waals surface area contributed by atoms with Crippen molar-refractivity contribution < 1.29 is 9.59 Å². The van der Waals surface area contributed by atoms with Crippen molar-refractivity contribution in [2.24, 2.45) is 0 Å². The summed E-state index contributed by atoms with van der Waals surface area (Å²) in [6.07, 6.45) is 2.40. The molecule has 16 heavy (non-hydrogen) atoms. The second kappa shape index (κ2) is 7.22. The molecule has 2 amide bonds. The van der Waals surface area contributed by atoms with E-state index in [4.69, 9.17) is 0 Å².